The molecule has 14 heavy (non-hydrogen) atoms. The van der Waals surface area contributed by atoms with Crippen LogP contribution in [0.15, 0.2) is 0 Å². The summed E-state index contributed by atoms with van der Waals surface area (Å²) < 4.78 is 0. The number of rotatable bonds is 5. The van der Waals surface area contributed by atoms with Crippen molar-refractivity contribution in [2.75, 3.05) is 26.2 Å². The molecular weight excluding hydrogens is 180 g/mol. The number of amides is 1. The molecule has 0 aromatic heterocycles. The van der Waals surface area contributed by atoms with Crippen LogP contribution in [0, 0.1) is 5.92 Å². The molecule has 0 aromatic rings. The zero-order valence-corrected chi connectivity index (χ0v) is 9.08. The van der Waals surface area contributed by atoms with Gasteiger partial charge in [-0.15, -0.1) is 0 Å². The van der Waals surface area contributed by atoms with Crippen molar-refractivity contribution in [3.05, 3.63) is 0 Å². The smallest absolute Gasteiger partial charge is 0.246 e. The van der Waals surface area contributed by atoms with E-state index in [1.165, 1.54) is 25.9 Å². The highest BCUT2D eigenvalue weighted by molar-refractivity contribution is 5.76. The predicted molar refractivity (Wildman–Crippen MR) is 54.6 cm³/mol. The molecule has 1 amide bonds. The highest BCUT2D eigenvalue weighted by atomic mass is 16.7. The molecule has 0 aliphatic carbocycles. The Bertz CT molecular complexity index is 177. The van der Waals surface area contributed by atoms with Crippen molar-refractivity contribution in [1.29, 1.82) is 0 Å². The standard InChI is InChI=1S/C10H20N2O2/c1-9(2)10(13)11-14-8-7-12-5-3-4-6-12/h9H,3-8H2,1-2H3,(H,11,13). The van der Waals surface area contributed by atoms with Gasteiger partial charge in [0.1, 0.15) is 0 Å². The quantitative estimate of drug-likeness (QED) is 0.527. The Morgan fingerprint density at radius 2 is 2.07 bits per heavy atom. The van der Waals surface area contributed by atoms with Crippen molar-refractivity contribution in [2.24, 2.45) is 5.92 Å². The predicted octanol–water partition coefficient (Wildman–Crippen LogP) is 0.786. The maximum atomic E-state index is 11.1. The number of carbonyl (C=O) groups is 1. The molecule has 4 heteroatoms. The Kier molecular flexibility index (Phi) is 4.90. The molecule has 0 bridgehead atoms. The van der Waals surface area contributed by atoms with Gasteiger partial charge in [0.05, 0.1) is 6.61 Å². The Morgan fingerprint density at radius 3 is 2.64 bits per heavy atom. The van der Waals surface area contributed by atoms with Crippen LogP contribution in [-0.4, -0.2) is 37.0 Å². The second kappa shape index (κ2) is 5.98. The number of nitrogens with one attached hydrogen (secondary N) is 1. The Balaban J connectivity index is 1.96. The van der Waals surface area contributed by atoms with Crippen LogP contribution in [0.5, 0.6) is 0 Å². The Morgan fingerprint density at radius 1 is 1.43 bits per heavy atom. The number of hydrogen-bond acceptors (Lipinski definition) is 3. The average Bonchev–Trinajstić information content (AvgIpc) is 2.64. The van der Waals surface area contributed by atoms with Crippen molar-refractivity contribution < 1.29 is 9.63 Å². The van der Waals surface area contributed by atoms with Gasteiger partial charge in [-0.3, -0.25) is 9.63 Å². The number of hydroxylamine groups is 1. The highest BCUT2D eigenvalue weighted by Gasteiger charge is 2.11. The lowest BCUT2D eigenvalue weighted by Gasteiger charge is -2.14. The van der Waals surface area contributed by atoms with Gasteiger partial charge in [0.25, 0.3) is 0 Å². The molecule has 0 aromatic carbocycles. The van der Waals surface area contributed by atoms with Crippen LogP contribution in [0.1, 0.15) is 26.7 Å². The molecule has 0 unspecified atom stereocenters. The normalized spacial score (nSPS) is 17.6. The number of hydrogen-bond donors (Lipinski definition) is 1. The van der Waals surface area contributed by atoms with E-state index in [0.29, 0.717) is 6.61 Å². The maximum absolute atomic E-state index is 11.1. The summed E-state index contributed by atoms with van der Waals surface area (Å²) >= 11 is 0. The van der Waals surface area contributed by atoms with Crippen molar-refractivity contribution in [3.63, 3.8) is 0 Å². The largest absolute Gasteiger partial charge is 0.301 e. The monoisotopic (exact) mass is 200 g/mol. The molecule has 0 saturated carbocycles. The highest BCUT2D eigenvalue weighted by Crippen LogP contribution is 2.05. The van der Waals surface area contributed by atoms with E-state index in [-0.39, 0.29) is 11.8 Å². The molecule has 4 nitrogen and oxygen atoms in total. The minimum Gasteiger partial charge on any atom is -0.301 e. The van der Waals surface area contributed by atoms with Gasteiger partial charge in [-0.1, -0.05) is 13.8 Å². The lowest BCUT2D eigenvalue weighted by atomic mass is 10.2. The van der Waals surface area contributed by atoms with E-state index in [1.54, 1.807) is 0 Å². The van der Waals surface area contributed by atoms with Gasteiger partial charge >= 0.3 is 0 Å². The number of nitrogens with zero attached hydrogens (tertiary/aromatic N) is 1. The maximum Gasteiger partial charge on any atom is 0.246 e. The van der Waals surface area contributed by atoms with Crippen molar-refractivity contribution >= 4 is 5.91 Å². The van der Waals surface area contributed by atoms with E-state index >= 15 is 0 Å². The van der Waals surface area contributed by atoms with E-state index in [1.807, 2.05) is 13.8 Å². The first-order valence-electron chi connectivity index (χ1n) is 5.34. The number of carbonyl (C=O) groups excluding carboxylic acids is 1. The fourth-order valence-electron chi connectivity index (χ4n) is 1.42. The van der Waals surface area contributed by atoms with E-state index in [9.17, 15) is 4.79 Å². The second-order valence-corrected chi connectivity index (χ2v) is 4.02. The molecular formula is C10H20N2O2. The summed E-state index contributed by atoms with van der Waals surface area (Å²) in [6.07, 6.45) is 2.58. The van der Waals surface area contributed by atoms with Crippen LogP contribution in [0.2, 0.25) is 0 Å². The summed E-state index contributed by atoms with van der Waals surface area (Å²) in [6, 6.07) is 0. The lowest BCUT2D eigenvalue weighted by molar-refractivity contribution is -0.137. The molecule has 1 fully saturated rings. The average molecular weight is 200 g/mol. The van der Waals surface area contributed by atoms with Crippen LogP contribution in [0.25, 0.3) is 0 Å². The first-order chi connectivity index (χ1) is 6.70. The fraction of sp³-hybridized carbons (Fsp3) is 0.900. The molecule has 82 valence electrons. The van der Waals surface area contributed by atoms with E-state index < -0.39 is 0 Å². The summed E-state index contributed by atoms with van der Waals surface area (Å²) in [5.41, 5.74) is 2.44. The SMILES string of the molecule is CC(C)C(=O)NOCCN1CCCC1. The van der Waals surface area contributed by atoms with Crippen molar-refractivity contribution in [2.45, 2.75) is 26.7 Å². The third kappa shape index (κ3) is 4.07. The topological polar surface area (TPSA) is 41.6 Å². The van der Waals surface area contributed by atoms with Gasteiger partial charge in [0.2, 0.25) is 5.91 Å². The molecule has 1 N–H and O–H groups in total. The van der Waals surface area contributed by atoms with Crippen LogP contribution >= 0.6 is 0 Å². The molecule has 1 aliphatic rings. The van der Waals surface area contributed by atoms with Gasteiger partial charge in [-0.25, -0.2) is 5.48 Å². The summed E-state index contributed by atoms with van der Waals surface area (Å²) in [6.45, 7) is 7.53. The molecule has 0 spiro atoms. The van der Waals surface area contributed by atoms with Gasteiger partial charge in [0.15, 0.2) is 0 Å². The summed E-state index contributed by atoms with van der Waals surface area (Å²) in [4.78, 5) is 18.5. The molecule has 1 rings (SSSR count). The molecule has 1 heterocycles. The second-order valence-electron chi connectivity index (χ2n) is 4.02. The molecule has 1 saturated heterocycles. The first kappa shape index (κ1) is 11.5. The Hall–Kier alpha value is -0.610. The fourth-order valence-corrected chi connectivity index (χ4v) is 1.42. The number of likely N-dealkylation sites (tertiary alicyclic amines) is 1. The van der Waals surface area contributed by atoms with E-state index in [4.69, 9.17) is 4.84 Å². The molecule has 1 aliphatic heterocycles. The first-order valence-corrected chi connectivity index (χ1v) is 5.34. The van der Waals surface area contributed by atoms with Gasteiger partial charge in [-0.05, 0) is 25.9 Å². The summed E-state index contributed by atoms with van der Waals surface area (Å²) in [7, 11) is 0. The van der Waals surface area contributed by atoms with Crippen LogP contribution in [-0.2, 0) is 9.63 Å². The van der Waals surface area contributed by atoms with E-state index in [2.05, 4.69) is 10.4 Å². The summed E-state index contributed by atoms with van der Waals surface area (Å²) in [5, 5.41) is 0. The van der Waals surface area contributed by atoms with Gasteiger partial charge < -0.3 is 4.90 Å². The zero-order valence-electron chi connectivity index (χ0n) is 9.08. The minimum atomic E-state index is -0.0496. The third-order valence-corrected chi connectivity index (χ3v) is 2.41. The lowest BCUT2D eigenvalue weighted by Crippen LogP contribution is -2.32. The van der Waals surface area contributed by atoms with Gasteiger partial charge in [0, 0.05) is 12.5 Å². The van der Waals surface area contributed by atoms with Crippen molar-refractivity contribution in [1.82, 2.24) is 10.4 Å². The minimum absolute atomic E-state index is 0.0122. The summed E-state index contributed by atoms with van der Waals surface area (Å²) in [5.74, 6) is -0.0618. The van der Waals surface area contributed by atoms with Gasteiger partial charge in [-0.2, -0.15) is 0 Å². The third-order valence-electron chi connectivity index (χ3n) is 2.41. The Labute approximate surface area is 85.6 Å². The van der Waals surface area contributed by atoms with Crippen molar-refractivity contribution in [3.8, 4) is 0 Å². The van der Waals surface area contributed by atoms with Crippen LogP contribution in [0.4, 0.5) is 0 Å². The van der Waals surface area contributed by atoms with Crippen LogP contribution in [0.3, 0.4) is 0 Å². The molecule has 0 radical (unpaired) electrons. The van der Waals surface area contributed by atoms with Crippen LogP contribution < -0.4 is 5.48 Å². The zero-order chi connectivity index (χ0) is 10.4. The molecule has 0 atom stereocenters. The van der Waals surface area contributed by atoms with E-state index in [0.717, 1.165) is 6.54 Å².